The summed E-state index contributed by atoms with van der Waals surface area (Å²) in [5.41, 5.74) is 3.94. The van der Waals surface area contributed by atoms with E-state index in [0.717, 1.165) is 28.7 Å². The van der Waals surface area contributed by atoms with Crippen molar-refractivity contribution in [2.24, 2.45) is 5.41 Å². The van der Waals surface area contributed by atoms with Crippen molar-refractivity contribution in [2.75, 3.05) is 0 Å². The van der Waals surface area contributed by atoms with Crippen molar-refractivity contribution in [3.8, 4) is 11.3 Å². The number of rotatable bonds is 4. The van der Waals surface area contributed by atoms with Crippen LogP contribution in [0.4, 0.5) is 8.78 Å². The van der Waals surface area contributed by atoms with Crippen molar-refractivity contribution in [1.82, 2.24) is 9.97 Å². The van der Waals surface area contributed by atoms with Gasteiger partial charge < -0.3 is 0 Å². The van der Waals surface area contributed by atoms with Crippen molar-refractivity contribution < 1.29 is 8.78 Å². The van der Waals surface area contributed by atoms with Gasteiger partial charge in [0.2, 0.25) is 0 Å². The van der Waals surface area contributed by atoms with Gasteiger partial charge >= 0.3 is 0 Å². The average molecular weight is 402 g/mol. The summed E-state index contributed by atoms with van der Waals surface area (Å²) in [6.07, 6.45) is 6.49. The summed E-state index contributed by atoms with van der Waals surface area (Å²) in [4.78, 5) is 9.62. The molecule has 0 radical (unpaired) electrons. The fraction of sp³-hybridized carbons (Fsp3) is 0.231. The molecule has 0 bridgehead atoms. The smallest absolute Gasteiger partial charge is 0.135 e. The van der Waals surface area contributed by atoms with E-state index in [4.69, 9.17) is 9.97 Å². The first kappa shape index (κ1) is 20.1. The number of benzene rings is 1. The van der Waals surface area contributed by atoms with Crippen LogP contribution in [-0.2, 0) is 5.41 Å². The third-order valence-electron chi connectivity index (χ3n) is 5.50. The Morgan fingerprint density at radius 2 is 1.47 bits per heavy atom. The second-order valence-electron chi connectivity index (χ2n) is 8.82. The minimum Gasteiger partial charge on any atom is -0.252 e. The number of allylic oxidation sites excluding steroid dienone is 4. The molecule has 1 aliphatic carbocycles. The molecular weight excluding hydrogens is 378 g/mol. The van der Waals surface area contributed by atoms with E-state index in [1.54, 1.807) is 6.07 Å². The largest absolute Gasteiger partial charge is 0.252 e. The van der Waals surface area contributed by atoms with Crippen LogP contribution in [0.1, 0.15) is 44.8 Å². The first-order valence-corrected chi connectivity index (χ1v) is 9.99. The molecule has 0 spiro atoms. The Bertz CT molecular complexity index is 1170. The molecule has 0 atom stereocenters. The maximum atomic E-state index is 14.3. The Kier molecular flexibility index (Phi) is 4.89. The molecule has 0 N–H and O–H groups in total. The minimum atomic E-state index is -0.625. The van der Waals surface area contributed by atoms with Gasteiger partial charge in [-0.2, -0.15) is 0 Å². The van der Waals surface area contributed by atoms with E-state index in [9.17, 15) is 8.78 Å². The second kappa shape index (κ2) is 7.28. The van der Waals surface area contributed by atoms with Gasteiger partial charge in [0.1, 0.15) is 11.6 Å². The second-order valence-corrected chi connectivity index (χ2v) is 8.82. The normalized spacial score (nSPS) is 15.3. The summed E-state index contributed by atoms with van der Waals surface area (Å²) < 4.78 is 27.6. The minimum absolute atomic E-state index is 0.0255. The zero-order valence-electron chi connectivity index (χ0n) is 17.6. The quantitative estimate of drug-likeness (QED) is 0.484. The molecule has 4 rings (SSSR count). The maximum Gasteiger partial charge on any atom is 0.135 e. The molecular formula is C26H24F2N2. The molecule has 0 fully saturated rings. The Morgan fingerprint density at radius 1 is 0.833 bits per heavy atom. The highest BCUT2D eigenvalue weighted by Gasteiger charge is 2.28. The lowest BCUT2D eigenvalue weighted by Gasteiger charge is -2.25. The summed E-state index contributed by atoms with van der Waals surface area (Å²) in [6, 6.07) is 15.0. The number of hydrogen-bond donors (Lipinski definition) is 0. The zero-order valence-corrected chi connectivity index (χ0v) is 17.6. The van der Waals surface area contributed by atoms with Gasteiger partial charge in [-0.3, -0.25) is 9.97 Å². The predicted molar refractivity (Wildman–Crippen MR) is 117 cm³/mol. The van der Waals surface area contributed by atoms with Crippen LogP contribution in [0.2, 0.25) is 0 Å². The molecule has 2 heterocycles. The Morgan fingerprint density at radius 3 is 2.07 bits per heavy atom. The number of halogens is 2. The fourth-order valence-corrected chi connectivity index (χ4v) is 3.67. The molecule has 0 unspecified atom stereocenters. The number of pyridine rings is 2. The van der Waals surface area contributed by atoms with Crippen LogP contribution in [0.3, 0.4) is 0 Å². The van der Waals surface area contributed by atoms with Gasteiger partial charge in [0, 0.05) is 22.5 Å². The monoisotopic (exact) mass is 402 g/mol. The number of aromatic nitrogens is 2. The van der Waals surface area contributed by atoms with Crippen LogP contribution in [0.15, 0.2) is 72.8 Å². The van der Waals surface area contributed by atoms with Gasteiger partial charge in [-0.15, -0.1) is 0 Å². The van der Waals surface area contributed by atoms with Gasteiger partial charge in [-0.05, 0) is 55.8 Å². The van der Waals surface area contributed by atoms with Crippen LogP contribution in [-0.4, -0.2) is 9.97 Å². The molecule has 4 heteroatoms. The lowest BCUT2D eigenvalue weighted by atomic mass is 9.84. The van der Waals surface area contributed by atoms with E-state index in [1.807, 2.05) is 30.3 Å². The van der Waals surface area contributed by atoms with Crippen molar-refractivity contribution >= 4 is 5.57 Å². The van der Waals surface area contributed by atoms with Gasteiger partial charge in [0.15, 0.2) is 0 Å². The first-order valence-electron chi connectivity index (χ1n) is 9.99. The highest BCUT2D eigenvalue weighted by molar-refractivity contribution is 5.75. The number of hydrogen-bond acceptors (Lipinski definition) is 2. The Balaban J connectivity index is 1.73. The highest BCUT2D eigenvalue weighted by atomic mass is 19.1. The van der Waals surface area contributed by atoms with Gasteiger partial charge in [-0.1, -0.05) is 44.2 Å². The molecule has 2 nitrogen and oxygen atoms in total. The van der Waals surface area contributed by atoms with Crippen LogP contribution in [0.5, 0.6) is 0 Å². The van der Waals surface area contributed by atoms with E-state index < -0.39 is 17.0 Å². The highest BCUT2D eigenvalue weighted by Crippen LogP contribution is 2.35. The lowest BCUT2D eigenvalue weighted by molar-refractivity contribution is 0.583. The van der Waals surface area contributed by atoms with E-state index in [0.29, 0.717) is 5.69 Å². The van der Waals surface area contributed by atoms with Crippen molar-refractivity contribution in [1.29, 1.82) is 0 Å². The topological polar surface area (TPSA) is 25.8 Å². The van der Waals surface area contributed by atoms with Crippen molar-refractivity contribution in [3.05, 3.63) is 102 Å². The molecule has 3 aromatic rings. The zero-order chi connectivity index (χ0) is 21.5. The molecule has 1 aromatic carbocycles. The Labute approximate surface area is 176 Å². The third kappa shape index (κ3) is 3.82. The first-order chi connectivity index (χ1) is 14.2. The summed E-state index contributed by atoms with van der Waals surface area (Å²) in [6.45, 7) is 8.42. The van der Waals surface area contributed by atoms with E-state index in [1.165, 1.54) is 12.1 Å². The van der Waals surface area contributed by atoms with E-state index >= 15 is 0 Å². The standard InChI is InChI=1S/C26H24F2N2/c1-25(2)14-13-17(16-25)21-7-5-9-23(29-21)26(3,4)24-10-6-8-22(30-24)19-12-11-18(27)15-20(19)28/h5-16H,1-4H3. The van der Waals surface area contributed by atoms with Gasteiger partial charge in [-0.25, -0.2) is 8.78 Å². The molecule has 152 valence electrons. The molecule has 0 saturated heterocycles. The average Bonchev–Trinajstić information content (AvgIpc) is 3.08. The summed E-state index contributed by atoms with van der Waals surface area (Å²) in [5, 5.41) is 0. The summed E-state index contributed by atoms with van der Waals surface area (Å²) in [5.74, 6) is -1.23. The summed E-state index contributed by atoms with van der Waals surface area (Å²) in [7, 11) is 0. The SMILES string of the molecule is CC1(C)C=CC(c2cccc(C(C)(C)c3cccc(-c4ccc(F)cc4F)n3)n2)=C1. The molecule has 30 heavy (non-hydrogen) atoms. The Hall–Kier alpha value is -3.14. The van der Waals surface area contributed by atoms with Crippen LogP contribution in [0.25, 0.3) is 16.8 Å². The van der Waals surface area contributed by atoms with E-state index in [-0.39, 0.29) is 11.0 Å². The molecule has 0 amide bonds. The molecule has 1 aliphatic rings. The van der Waals surface area contributed by atoms with Crippen LogP contribution < -0.4 is 0 Å². The molecule has 0 saturated carbocycles. The molecule has 0 aliphatic heterocycles. The van der Waals surface area contributed by atoms with Crippen LogP contribution >= 0.6 is 0 Å². The summed E-state index contributed by atoms with van der Waals surface area (Å²) >= 11 is 0. The fourth-order valence-electron chi connectivity index (χ4n) is 3.67. The predicted octanol–water partition coefficient (Wildman–Crippen LogP) is 6.73. The van der Waals surface area contributed by atoms with E-state index in [2.05, 4.69) is 45.9 Å². The third-order valence-corrected chi connectivity index (χ3v) is 5.50. The van der Waals surface area contributed by atoms with Crippen molar-refractivity contribution in [3.63, 3.8) is 0 Å². The van der Waals surface area contributed by atoms with Crippen molar-refractivity contribution in [2.45, 2.75) is 33.1 Å². The van der Waals surface area contributed by atoms with Gasteiger partial charge in [0.25, 0.3) is 0 Å². The number of nitrogens with zero attached hydrogens (tertiary/aromatic N) is 2. The molecule has 2 aromatic heterocycles. The maximum absolute atomic E-state index is 14.3. The van der Waals surface area contributed by atoms with Crippen LogP contribution in [0, 0.1) is 17.0 Å². The lowest BCUT2D eigenvalue weighted by Crippen LogP contribution is -2.22. The van der Waals surface area contributed by atoms with Gasteiger partial charge in [0.05, 0.1) is 22.8 Å².